The van der Waals surface area contributed by atoms with E-state index in [1.165, 1.54) is 36.4 Å². The number of urea groups is 1. The SMILES string of the molecule is C#CCOc1ccc(Cl)cc1/C=C1\C(=O)NC(=O)N(c2ccc(C(=O)OCC)cc2)C1=O. The number of esters is 1. The molecule has 162 valence electrons. The zero-order valence-corrected chi connectivity index (χ0v) is 17.6. The molecule has 0 spiro atoms. The van der Waals surface area contributed by atoms with Gasteiger partial charge in [-0.15, -0.1) is 6.42 Å². The van der Waals surface area contributed by atoms with Crippen molar-refractivity contribution in [3.63, 3.8) is 0 Å². The molecule has 0 radical (unpaired) electrons. The van der Waals surface area contributed by atoms with E-state index in [1.54, 1.807) is 19.1 Å². The van der Waals surface area contributed by atoms with Gasteiger partial charge in [-0.05, 0) is 55.5 Å². The van der Waals surface area contributed by atoms with Gasteiger partial charge < -0.3 is 9.47 Å². The van der Waals surface area contributed by atoms with Crippen LogP contribution in [-0.4, -0.2) is 37.0 Å². The highest BCUT2D eigenvalue weighted by atomic mass is 35.5. The summed E-state index contributed by atoms with van der Waals surface area (Å²) in [5.74, 6) is 0.368. The number of halogens is 1. The molecule has 1 heterocycles. The maximum absolute atomic E-state index is 13.1. The van der Waals surface area contributed by atoms with Crippen molar-refractivity contribution in [2.75, 3.05) is 18.1 Å². The van der Waals surface area contributed by atoms with Crippen LogP contribution in [-0.2, 0) is 14.3 Å². The lowest BCUT2D eigenvalue weighted by Crippen LogP contribution is -2.54. The molecular weight excluding hydrogens is 436 g/mol. The van der Waals surface area contributed by atoms with Gasteiger partial charge in [-0.1, -0.05) is 17.5 Å². The minimum atomic E-state index is -0.920. The van der Waals surface area contributed by atoms with Crippen molar-refractivity contribution in [3.05, 3.63) is 64.2 Å². The van der Waals surface area contributed by atoms with Crippen molar-refractivity contribution in [1.82, 2.24) is 5.32 Å². The lowest BCUT2D eigenvalue weighted by molar-refractivity contribution is -0.122. The van der Waals surface area contributed by atoms with E-state index in [4.69, 9.17) is 27.5 Å². The number of carbonyl (C=O) groups excluding carboxylic acids is 4. The molecule has 8 nitrogen and oxygen atoms in total. The Labute approximate surface area is 188 Å². The molecular formula is C23H17ClN2O6. The normalized spacial score (nSPS) is 14.7. The Morgan fingerprint density at radius 1 is 1.19 bits per heavy atom. The van der Waals surface area contributed by atoms with Crippen molar-refractivity contribution >= 4 is 47.2 Å². The third-order valence-corrected chi connectivity index (χ3v) is 4.56. The zero-order chi connectivity index (χ0) is 23.3. The van der Waals surface area contributed by atoms with Gasteiger partial charge in [-0.25, -0.2) is 14.5 Å². The van der Waals surface area contributed by atoms with Crippen LogP contribution in [0.5, 0.6) is 5.75 Å². The molecule has 9 heteroatoms. The van der Waals surface area contributed by atoms with Crippen LogP contribution in [0.2, 0.25) is 5.02 Å². The molecule has 4 amide bonds. The summed E-state index contributed by atoms with van der Waals surface area (Å²) in [7, 11) is 0. The first-order valence-corrected chi connectivity index (χ1v) is 9.78. The Morgan fingerprint density at radius 3 is 2.56 bits per heavy atom. The fourth-order valence-corrected chi connectivity index (χ4v) is 3.07. The molecule has 0 aromatic heterocycles. The van der Waals surface area contributed by atoms with Gasteiger partial charge in [0, 0.05) is 10.6 Å². The van der Waals surface area contributed by atoms with Crippen LogP contribution >= 0.6 is 11.6 Å². The molecule has 2 aromatic rings. The van der Waals surface area contributed by atoms with Crippen LogP contribution in [0.1, 0.15) is 22.8 Å². The summed E-state index contributed by atoms with van der Waals surface area (Å²) in [6, 6.07) is 9.32. The number of amides is 4. The number of nitrogens with zero attached hydrogens (tertiary/aromatic N) is 1. The fraction of sp³-hybridized carbons (Fsp3) is 0.130. The summed E-state index contributed by atoms with van der Waals surface area (Å²) in [4.78, 5) is 50.5. The summed E-state index contributed by atoms with van der Waals surface area (Å²) in [5.41, 5.74) is 0.431. The highest BCUT2D eigenvalue weighted by Gasteiger charge is 2.37. The number of barbiturate groups is 1. The quantitative estimate of drug-likeness (QED) is 0.312. The molecule has 0 bridgehead atoms. The van der Waals surface area contributed by atoms with Gasteiger partial charge in [-0.2, -0.15) is 0 Å². The van der Waals surface area contributed by atoms with E-state index >= 15 is 0 Å². The smallest absolute Gasteiger partial charge is 0.338 e. The second-order valence-electron chi connectivity index (χ2n) is 6.40. The molecule has 3 rings (SSSR count). The third-order valence-electron chi connectivity index (χ3n) is 4.32. The first-order valence-electron chi connectivity index (χ1n) is 9.40. The van der Waals surface area contributed by atoms with Crippen LogP contribution < -0.4 is 15.0 Å². The fourth-order valence-electron chi connectivity index (χ4n) is 2.89. The number of imide groups is 2. The molecule has 0 atom stereocenters. The Kier molecular flexibility index (Phi) is 6.93. The summed E-state index contributed by atoms with van der Waals surface area (Å²) in [6.07, 6.45) is 6.49. The van der Waals surface area contributed by atoms with Crippen LogP contribution in [0.3, 0.4) is 0 Å². The van der Waals surface area contributed by atoms with Gasteiger partial charge in [0.05, 0.1) is 17.9 Å². The molecule has 1 saturated heterocycles. The lowest BCUT2D eigenvalue weighted by atomic mass is 10.1. The van der Waals surface area contributed by atoms with E-state index in [0.717, 1.165) is 4.90 Å². The molecule has 0 unspecified atom stereocenters. The average molecular weight is 453 g/mol. The maximum Gasteiger partial charge on any atom is 0.338 e. The van der Waals surface area contributed by atoms with Gasteiger partial charge in [0.1, 0.15) is 17.9 Å². The highest BCUT2D eigenvalue weighted by Crippen LogP contribution is 2.28. The average Bonchev–Trinajstić information content (AvgIpc) is 2.76. The van der Waals surface area contributed by atoms with Crippen molar-refractivity contribution in [1.29, 1.82) is 0 Å². The topological polar surface area (TPSA) is 102 Å². The van der Waals surface area contributed by atoms with Crippen LogP contribution in [0, 0.1) is 12.3 Å². The maximum atomic E-state index is 13.1. The predicted octanol–water partition coefficient (Wildman–Crippen LogP) is 3.20. The second kappa shape index (κ2) is 9.81. The van der Waals surface area contributed by atoms with E-state index < -0.39 is 23.8 Å². The van der Waals surface area contributed by atoms with Crippen LogP contribution in [0.25, 0.3) is 6.08 Å². The molecule has 32 heavy (non-hydrogen) atoms. The van der Waals surface area contributed by atoms with E-state index in [9.17, 15) is 19.2 Å². The summed E-state index contributed by atoms with van der Waals surface area (Å²) < 4.78 is 10.3. The Balaban J connectivity index is 1.97. The van der Waals surface area contributed by atoms with Crippen molar-refractivity contribution < 1.29 is 28.7 Å². The minimum absolute atomic E-state index is 0.0324. The monoisotopic (exact) mass is 452 g/mol. The van der Waals surface area contributed by atoms with Gasteiger partial charge in [0.2, 0.25) is 0 Å². The lowest BCUT2D eigenvalue weighted by Gasteiger charge is -2.26. The largest absolute Gasteiger partial charge is 0.480 e. The van der Waals surface area contributed by atoms with Crippen LogP contribution in [0.4, 0.5) is 10.5 Å². The van der Waals surface area contributed by atoms with E-state index in [0.29, 0.717) is 16.3 Å². The van der Waals surface area contributed by atoms with Gasteiger partial charge >= 0.3 is 12.0 Å². The number of hydrogen-bond acceptors (Lipinski definition) is 6. The standard InChI is InChI=1S/C23H17ClN2O6/c1-3-11-32-19-10-7-16(24)12-15(19)13-18-20(27)25-23(30)26(21(18)28)17-8-5-14(6-9-17)22(29)31-4-2/h1,5-10,12-13H,4,11H2,2H3,(H,25,27,30)/b18-13+. The van der Waals surface area contributed by atoms with Crippen molar-refractivity contribution in [3.8, 4) is 18.1 Å². The van der Waals surface area contributed by atoms with E-state index in [1.807, 2.05) is 0 Å². The molecule has 1 fully saturated rings. The number of carbonyl (C=O) groups is 4. The van der Waals surface area contributed by atoms with Gasteiger partial charge in [0.15, 0.2) is 0 Å². The zero-order valence-electron chi connectivity index (χ0n) is 16.9. The third kappa shape index (κ3) is 4.79. The first kappa shape index (κ1) is 22.6. The van der Waals surface area contributed by atoms with Crippen molar-refractivity contribution in [2.45, 2.75) is 6.92 Å². The molecule has 0 saturated carbocycles. The molecule has 0 aliphatic carbocycles. The molecule has 1 N–H and O–H groups in total. The Morgan fingerprint density at radius 2 is 1.91 bits per heavy atom. The first-order chi connectivity index (χ1) is 15.3. The molecule has 1 aliphatic rings. The minimum Gasteiger partial charge on any atom is -0.480 e. The van der Waals surface area contributed by atoms with E-state index in [-0.39, 0.29) is 30.0 Å². The number of nitrogens with one attached hydrogen (secondary N) is 1. The second-order valence-corrected chi connectivity index (χ2v) is 6.84. The number of ether oxygens (including phenoxy) is 2. The van der Waals surface area contributed by atoms with E-state index in [2.05, 4.69) is 11.2 Å². The number of anilines is 1. The number of rotatable bonds is 6. The number of benzene rings is 2. The summed E-state index contributed by atoms with van der Waals surface area (Å²) in [5, 5.41) is 2.47. The summed E-state index contributed by atoms with van der Waals surface area (Å²) >= 11 is 6.04. The Hall–Kier alpha value is -4.09. The van der Waals surface area contributed by atoms with Crippen LogP contribution in [0.15, 0.2) is 48.0 Å². The van der Waals surface area contributed by atoms with Gasteiger partial charge in [-0.3, -0.25) is 14.9 Å². The summed E-state index contributed by atoms with van der Waals surface area (Å²) in [6.45, 7) is 1.85. The number of hydrogen-bond donors (Lipinski definition) is 1. The number of terminal acetylenes is 1. The molecule has 2 aromatic carbocycles. The Bertz CT molecular complexity index is 1160. The van der Waals surface area contributed by atoms with Gasteiger partial charge in [0.25, 0.3) is 11.8 Å². The predicted molar refractivity (Wildman–Crippen MR) is 117 cm³/mol. The highest BCUT2D eigenvalue weighted by molar-refractivity contribution is 6.39. The van der Waals surface area contributed by atoms with Crippen molar-refractivity contribution in [2.24, 2.45) is 0 Å². The molecule has 1 aliphatic heterocycles.